The van der Waals surface area contributed by atoms with Gasteiger partial charge in [-0.15, -0.1) is 11.3 Å². The highest BCUT2D eigenvalue weighted by atomic mass is 32.1. The van der Waals surface area contributed by atoms with E-state index in [1.54, 1.807) is 35.6 Å². The summed E-state index contributed by atoms with van der Waals surface area (Å²) in [6.45, 7) is 2.56. The first-order chi connectivity index (χ1) is 14.1. The first-order valence-electron chi connectivity index (χ1n) is 9.19. The van der Waals surface area contributed by atoms with Crippen LogP contribution in [0.25, 0.3) is 0 Å². The average Bonchev–Trinajstić information content (AvgIpc) is 3.34. The molecule has 0 radical (unpaired) electrons. The van der Waals surface area contributed by atoms with Crippen LogP contribution >= 0.6 is 11.3 Å². The van der Waals surface area contributed by atoms with E-state index < -0.39 is 0 Å². The van der Waals surface area contributed by atoms with Gasteiger partial charge in [-0.25, -0.2) is 0 Å². The van der Waals surface area contributed by atoms with Gasteiger partial charge in [0, 0.05) is 16.3 Å². The standard InChI is InChI=1S/C22H20N2O4S/c1-14-6-8-16(29-14)11-21(25)24-18-5-3-2-4-17(18)22(26)23-12-15-7-9-19-20(10-15)28-13-27-19/h2-10H,11-13H2,1H3,(H,23,26)(H,24,25). The Hall–Kier alpha value is -3.32. The number of aryl methyl sites for hydroxylation is 1. The zero-order valence-corrected chi connectivity index (χ0v) is 16.7. The molecule has 0 bridgehead atoms. The van der Waals surface area contributed by atoms with Crippen molar-refractivity contribution >= 4 is 28.8 Å². The van der Waals surface area contributed by atoms with Crippen LogP contribution in [0.15, 0.2) is 54.6 Å². The summed E-state index contributed by atoms with van der Waals surface area (Å²) >= 11 is 1.59. The molecule has 2 amide bonds. The van der Waals surface area contributed by atoms with E-state index in [1.807, 2.05) is 37.3 Å². The number of anilines is 1. The molecule has 2 aromatic carbocycles. The number of rotatable bonds is 6. The van der Waals surface area contributed by atoms with Crippen molar-refractivity contribution < 1.29 is 19.1 Å². The maximum atomic E-state index is 12.7. The average molecular weight is 408 g/mol. The van der Waals surface area contributed by atoms with E-state index in [0.717, 1.165) is 15.3 Å². The normalized spacial score (nSPS) is 11.9. The van der Waals surface area contributed by atoms with E-state index in [2.05, 4.69) is 10.6 Å². The number of hydrogen-bond acceptors (Lipinski definition) is 5. The maximum absolute atomic E-state index is 12.7. The predicted octanol–water partition coefficient (Wildman–Crippen LogP) is 3.90. The predicted molar refractivity (Wildman–Crippen MR) is 112 cm³/mol. The molecule has 0 unspecified atom stereocenters. The summed E-state index contributed by atoms with van der Waals surface area (Å²) in [6.07, 6.45) is 0.283. The Morgan fingerprint density at radius 1 is 1.03 bits per heavy atom. The molecule has 7 heteroatoms. The molecule has 0 spiro atoms. The molecule has 0 atom stereocenters. The number of nitrogens with one attached hydrogen (secondary N) is 2. The minimum absolute atomic E-state index is 0.150. The van der Waals surface area contributed by atoms with Crippen LogP contribution in [0.4, 0.5) is 5.69 Å². The third-order valence-electron chi connectivity index (χ3n) is 4.47. The number of amides is 2. The molecular weight excluding hydrogens is 388 g/mol. The van der Waals surface area contributed by atoms with Crippen molar-refractivity contribution in [1.82, 2.24) is 5.32 Å². The number of carbonyl (C=O) groups is 2. The van der Waals surface area contributed by atoms with Crippen LogP contribution < -0.4 is 20.1 Å². The summed E-state index contributed by atoms with van der Waals surface area (Å²) < 4.78 is 10.7. The lowest BCUT2D eigenvalue weighted by Gasteiger charge is -2.11. The van der Waals surface area contributed by atoms with Gasteiger partial charge in [-0.1, -0.05) is 18.2 Å². The molecule has 1 aliphatic heterocycles. The first kappa shape index (κ1) is 19.0. The summed E-state index contributed by atoms with van der Waals surface area (Å²) in [4.78, 5) is 27.2. The van der Waals surface area contributed by atoms with Gasteiger partial charge in [-0.05, 0) is 48.9 Å². The smallest absolute Gasteiger partial charge is 0.253 e. The van der Waals surface area contributed by atoms with Gasteiger partial charge in [-0.2, -0.15) is 0 Å². The second-order valence-corrected chi connectivity index (χ2v) is 8.03. The second kappa shape index (κ2) is 8.36. The largest absolute Gasteiger partial charge is 0.454 e. The number of fused-ring (bicyclic) bond motifs is 1. The molecule has 0 saturated heterocycles. The molecule has 0 saturated carbocycles. The van der Waals surface area contributed by atoms with E-state index >= 15 is 0 Å². The molecule has 148 valence electrons. The third-order valence-corrected chi connectivity index (χ3v) is 5.47. The van der Waals surface area contributed by atoms with Gasteiger partial charge in [0.15, 0.2) is 11.5 Å². The van der Waals surface area contributed by atoms with Gasteiger partial charge in [0.2, 0.25) is 12.7 Å². The zero-order chi connectivity index (χ0) is 20.2. The fraction of sp³-hybridized carbons (Fsp3) is 0.182. The Balaban J connectivity index is 1.40. The van der Waals surface area contributed by atoms with Gasteiger partial charge in [0.05, 0.1) is 17.7 Å². The number of hydrogen-bond donors (Lipinski definition) is 2. The van der Waals surface area contributed by atoms with Crippen molar-refractivity contribution in [2.75, 3.05) is 12.1 Å². The van der Waals surface area contributed by atoms with E-state index in [9.17, 15) is 9.59 Å². The minimum atomic E-state index is -0.259. The number of benzene rings is 2. The van der Waals surface area contributed by atoms with Gasteiger partial charge in [0.1, 0.15) is 0 Å². The molecule has 1 aliphatic rings. The van der Waals surface area contributed by atoms with Crippen LogP contribution in [-0.2, 0) is 17.8 Å². The van der Waals surface area contributed by atoms with Gasteiger partial charge < -0.3 is 20.1 Å². The summed E-state index contributed by atoms with van der Waals surface area (Å²) in [7, 11) is 0. The Kier molecular flexibility index (Phi) is 5.48. The van der Waals surface area contributed by atoms with Crippen molar-refractivity contribution in [3.8, 4) is 11.5 Å². The molecule has 2 heterocycles. The van der Waals surface area contributed by atoms with Crippen LogP contribution in [-0.4, -0.2) is 18.6 Å². The zero-order valence-electron chi connectivity index (χ0n) is 15.9. The Bertz CT molecular complexity index is 1060. The summed E-state index contributed by atoms with van der Waals surface area (Å²) in [6, 6.07) is 16.5. The van der Waals surface area contributed by atoms with Crippen molar-refractivity contribution in [3.63, 3.8) is 0 Å². The van der Waals surface area contributed by atoms with Gasteiger partial charge >= 0.3 is 0 Å². The van der Waals surface area contributed by atoms with E-state index in [1.165, 1.54) is 0 Å². The second-order valence-electron chi connectivity index (χ2n) is 6.65. The number of thiophene rings is 1. The molecule has 2 N–H and O–H groups in total. The highest BCUT2D eigenvalue weighted by Crippen LogP contribution is 2.32. The third kappa shape index (κ3) is 4.57. The van der Waals surface area contributed by atoms with E-state index in [0.29, 0.717) is 29.3 Å². The van der Waals surface area contributed by atoms with Crippen molar-refractivity contribution in [3.05, 3.63) is 75.5 Å². The lowest BCUT2D eigenvalue weighted by molar-refractivity contribution is -0.115. The number of carbonyl (C=O) groups excluding carboxylic acids is 2. The fourth-order valence-electron chi connectivity index (χ4n) is 3.05. The highest BCUT2D eigenvalue weighted by molar-refractivity contribution is 7.12. The van der Waals surface area contributed by atoms with Crippen molar-refractivity contribution in [2.24, 2.45) is 0 Å². The lowest BCUT2D eigenvalue weighted by atomic mass is 10.1. The lowest BCUT2D eigenvalue weighted by Crippen LogP contribution is -2.25. The SMILES string of the molecule is Cc1ccc(CC(=O)Nc2ccccc2C(=O)NCc2ccc3c(c2)OCO3)s1. The van der Waals surface area contributed by atoms with Gasteiger partial charge in [0.25, 0.3) is 5.91 Å². The van der Waals surface area contributed by atoms with Gasteiger partial charge in [-0.3, -0.25) is 9.59 Å². The highest BCUT2D eigenvalue weighted by Gasteiger charge is 2.16. The summed E-state index contributed by atoms with van der Waals surface area (Å²) in [5.41, 5.74) is 1.81. The molecule has 6 nitrogen and oxygen atoms in total. The minimum Gasteiger partial charge on any atom is -0.454 e. The van der Waals surface area contributed by atoms with Crippen LogP contribution in [0.2, 0.25) is 0 Å². The molecule has 3 aromatic rings. The van der Waals surface area contributed by atoms with Crippen LogP contribution in [0.1, 0.15) is 25.7 Å². The maximum Gasteiger partial charge on any atom is 0.253 e. The Morgan fingerprint density at radius 3 is 2.69 bits per heavy atom. The van der Waals surface area contributed by atoms with Crippen molar-refractivity contribution in [1.29, 1.82) is 0 Å². The molecular formula is C22H20N2O4S. The fourth-order valence-corrected chi connectivity index (χ4v) is 3.94. The molecule has 0 aliphatic carbocycles. The quantitative estimate of drug-likeness (QED) is 0.649. The van der Waals surface area contributed by atoms with Crippen LogP contribution in [0.5, 0.6) is 11.5 Å². The summed E-state index contributed by atoms with van der Waals surface area (Å²) in [5, 5.41) is 5.74. The molecule has 29 heavy (non-hydrogen) atoms. The van der Waals surface area contributed by atoms with Crippen molar-refractivity contribution in [2.45, 2.75) is 19.9 Å². The van der Waals surface area contributed by atoms with Crippen LogP contribution in [0.3, 0.4) is 0 Å². The molecule has 1 aromatic heterocycles. The van der Waals surface area contributed by atoms with E-state index in [-0.39, 0.29) is 25.0 Å². The first-order valence-corrected chi connectivity index (χ1v) is 10.0. The van der Waals surface area contributed by atoms with E-state index in [4.69, 9.17) is 9.47 Å². The number of ether oxygens (including phenoxy) is 2. The summed E-state index contributed by atoms with van der Waals surface area (Å²) in [5.74, 6) is 0.968. The molecule has 4 rings (SSSR count). The topological polar surface area (TPSA) is 76.7 Å². The monoisotopic (exact) mass is 408 g/mol. The molecule has 0 fully saturated rings. The Labute approximate surface area is 172 Å². The Morgan fingerprint density at radius 2 is 1.86 bits per heavy atom. The number of para-hydroxylation sites is 1. The van der Waals surface area contributed by atoms with Crippen LogP contribution in [0, 0.1) is 6.92 Å².